The van der Waals surface area contributed by atoms with Gasteiger partial charge in [0.05, 0.1) is 35.1 Å². The Bertz CT molecular complexity index is 870. The van der Waals surface area contributed by atoms with Gasteiger partial charge in [0.2, 0.25) is 0 Å². The van der Waals surface area contributed by atoms with E-state index >= 15 is 0 Å². The van der Waals surface area contributed by atoms with Gasteiger partial charge in [0.1, 0.15) is 0 Å². The molecule has 2 aromatic rings. The third-order valence-corrected chi connectivity index (χ3v) is 5.45. The average Bonchev–Trinajstić information content (AvgIpc) is 2.97. The number of ether oxygens (including phenoxy) is 1. The summed E-state index contributed by atoms with van der Waals surface area (Å²) in [6, 6.07) is 7.82. The van der Waals surface area contributed by atoms with Crippen molar-refractivity contribution >= 4 is 29.0 Å². The summed E-state index contributed by atoms with van der Waals surface area (Å²) in [5.41, 5.74) is 3.33. The number of piperazine rings is 1. The van der Waals surface area contributed by atoms with Crippen LogP contribution in [0.3, 0.4) is 0 Å². The van der Waals surface area contributed by atoms with Crippen LogP contribution in [0.15, 0.2) is 24.3 Å². The number of carbonyl (C=O) groups excluding carboxylic acids is 2. The lowest BCUT2D eigenvalue weighted by atomic mass is 10.1. The van der Waals surface area contributed by atoms with Gasteiger partial charge >= 0.3 is 5.97 Å². The Labute approximate surface area is 170 Å². The van der Waals surface area contributed by atoms with Gasteiger partial charge in [0.15, 0.2) is 5.78 Å². The fourth-order valence-corrected chi connectivity index (χ4v) is 3.93. The van der Waals surface area contributed by atoms with E-state index < -0.39 is 0 Å². The maximum atomic E-state index is 12.8. The Balaban J connectivity index is 1.63. The first kappa shape index (κ1) is 20.4. The van der Waals surface area contributed by atoms with E-state index in [-0.39, 0.29) is 11.8 Å². The predicted octanol–water partition coefficient (Wildman–Crippen LogP) is 3.47. The molecule has 150 valence electrons. The van der Waals surface area contributed by atoms with Crippen molar-refractivity contribution in [2.24, 2.45) is 0 Å². The predicted molar refractivity (Wildman–Crippen MR) is 111 cm³/mol. The van der Waals surface area contributed by atoms with E-state index in [1.165, 1.54) is 0 Å². The number of esters is 1. The van der Waals surface area contributed by atoms with E-state index in [0.717, 1.165) is 36.9 Å². The minimum Gasteiger partial charge on any atom is -0.462 e. The standard InChI is InChI=1S/C21H26ClN3O3/c1-4-28-21(27)19-14(2)20(23-15(19)3)18(26)13-24-9-11-25(12-10-24)17-8-6-5-7-16(17)22/h5-8,23H,4,9-13H2,1-3H3. The minimum atomic E-state index is -0.388. The molecule has 2 heterocycles. The number of hydrogen-bond donors (Lipinski definition) is 1. The van der Waals surface area contributed by atoms with Gasteiger partial charge in [-0.1, -0.05) is 23.7 Å². The number of nitrogens with one attached hydrogen (secondary N) is 1. The van der Waals surface area contributed by atoms with Crippen LogP contribution in [0.5, 0.6) is 0 Å². The van der Waals surface area contributed by atoms with E-state index in [1.54, 1.807) is 20.8 Å². The number of anilines is 1. The maximum Gasteiger partial charge on any atom is 0.340 e. The van der Waals surface area contributed by atoms with Gasteiger partial charge in [0.25, 0.3) is 0 Å². The maximum absolute atomic E-state index is 12.8. The van der Waals surface area contributed by atoms with Gasteiger partial charge in [-0.15, -0.1) is 0 Å². The largest absolute Gasteiger partial charge is 0.462 e. The zero-order valence-corrected chi connectivity index (χ0v) is 17.3. The quantitative estimate of drug-likeness (QED) is 0.591. The first-order chi connectivity index (χ1) is 13.4. The number of Topliss-reactive ketones (excluding diaryl/α,β-unsaturated/α-hetero) is 1. The van der Waals surface area contributed by atoms with Crippen LogP contribution in [0.2, 0.25) is 5.02 Å². The molecule has 1 fully saturated rings. The highest BCUT2D eigenvalue weighted by molar-refractivity contribution is 6.33. The molecule has 1 aliphatic heterocycles. The van der Waals surface area contributed by atoms with Crippen LogP contribution >= 0.6 is 11.6 Å². The second-order valence-corrected chi connectivity index (χ2v) is 7.39. The highest BCUT2D eigenvalue weighted by atomic mass is 35.5. The van der Waals surface area contributed by atoms with Crippen molar-refractivity contribution in [3.05, 3.63) is 51.8 Å². The first-order valence-electron chi connectivity index (χ1n) is 9.53. The number of halogens is 1. The highest BCUT2D eigenvalue weighted by Gasteiger charge is 2.25. The lowest BCUT2D eigenvalue weighted by Crippen LogP contribution is -2.48. The molecule has 0 aliphatic carbocycles. The van der Waals surface area contributed by atoms with Crippen molar-refractivity contribution in [2.45, 2.75) is 20.8 Å². The monoisotopic (exact) mass is 403 g/mol. The molecular weight excluding hydrogens is 378 g/mol. The molecule has 1 aromatic heterocycles. The molecule has 0 atom stereocenters. The normalized spacial score (nSPS) is 14.9. The summed E-state index contributed by atoms with van der Waals surface area (Å²) >= 11 is 6.29. The number of rotatable bonds is 6. The van der Waals surface area contributed by atoms with Crippen molar-refractivity contribution in [2.75, 3.05) is 44.2 Å². The zero-order valence-electron chi connectivity index (χ0n) is 16.5. The molecule has 1 N–H and O–H groups in total. The molecule has 1 aliphatic rings. The van der Waals surface area contributed by atoms with Crippen LogP contribution in [0.1, 0.15) is 39.0 Å². The van der Waals surface area contributed by atoms with Gasteiger partial charge in [-0.3, -0.25) is 9.69 Å². The summed E-state index contributed by atoms with van der Waals surface area (Å²) in [6.45, 7) is 9.16. The number of para-hydroxylation sites is 1. The Kier molecular flexibility index (Phi) is 6.42. The number of aromatic amines is 1. The Morgan fingerprint density at radius 2 is 1.82 bits per heavy atom. The zero-order chi connectivity index (χ0) is 20.3. The molecular formula is C21H26ClN3O3. The topological polar surface area (TPSA) is 65.6 Å². The number of hydrogen-bond acceptors (Lipinski definition) is 5. The molecule has 3 rings (SSSR count). The molecule has 0 unspecified atom stereocenters. The smallest absolute Gasteiger partial charge is 0.340 e. The van der Waals surface area contributed by atoms with Crippen LogP contribution in [-0.4, -0.2) is 61.0 Å². The second kappa shape index (κ2) is 8.80. The van der Waals surface area contributed by atoms with Crippen molar-refractivity contribution < 1.29 is 14.3 Å². The Hall–Kier alpha value is -2.31. The summed E-state index contributed by atoms with van der Waals surface area (Å²) in [5, 5.41) is 0.746. The summed E-state index contributed by atoms with van der Waals surface area (Å²) in [7, 11) is 0. The Morgan fingerprint density at radius 3 is 2.46 bits per heavy atom. The van der Waals surface area contributed by atoms with E-state index in [0.29, 0.717) is 35.7 Å². The average molecular weight is 404 g/mol. The van der Waals surface area contributed by atoms with Crippen molar-refractivity contribution in [3.63, 3.8) is 0 Å². The van der Waals surface area contributed by atoms with Crippen LogP contribution in [0, 0.1) is 13.8 Å². The fourth-order valence-electron chi connectivity index (χ4n) is 3.68. The van der Waals surface area contributed by atoms with Crippen molar-refractivity contribution in [1.82, 2.24) is 9.88 Å². The second-order valence-electron chi connectivity index (χ2n) is 6.98. The fraction of sp³-hybridized carbons (Fsp3) is 0.429. The molecule has 0 spiro atoms. The minimum absolute atomic E-state index is 0.0117. The molecule has 0 bridgehead atoms. The highest BCUT2D eigenvalue weighted by Crippen LogP contribution is 2.26. The molecule has 0 saturated carbocycles. The lowest BCUT2D eigenvalue weighted by Gasteiger charge is -2.36. The van der Waals surface area contributed by atoms with Gasteiger partial charge < -0.3 is 14.6 Å². The molecule has 0 amide bonds. The Morgan fingerprint density at radius 1 is 1.14 bits per heavy atom. The van der Waals surface area contributed by atoms with Gasteiger partial charge in [-0.2, -0.15) is 0 Å². The SMILES string of the molecule is CCOC(=O)c1c(C)[nH]c(C(=O)CN2CCN(c3ccccc3Cl)CC2)c1C. The van der Waals surface area contributed by atoms with Crippen LogP contribution < -0.4 is 4.90 Å². The van der Waals surface area contributed by atoms with Crippen molar-refractivity contribution in [3.8, 4) is 0 Å². The number of carbonyl (C=O) groups is 2. The molecule has 1 aromatic carbocycles. The first-order valence-corrected chi connectivity index (χ1v) is 9.91. The number of H-pyrrole nitrogens is 1. The lowest BCUT2D eigenvalue weighted by molar-refractivity contribution is 0.0525. The van der Waals surface area contributed by atoms with E-state index in [9.17, 15) is 9.59 Å². The summed E-state index contributed by atoms with van der Waals surface area (Å²) < 4.78 is 5.10. The number of ketones is 1. The van der Waals surface area contributed by atoms with Crippen LogP contribution in [0.4, 0.5) is 5.69 Å². The number of nitrogens with zero attached hydrogens (tertiary/aromatic N) is 2. The summed E-state index contributed by atoms with van der Waals surface area (Å²) in [4.78, 5) is 32.4. The molecule has 0 radical (unpaired) electrons. The third-order valence-electron chi connectivity index (χ3n) is 5.13. The summed E-state index contributed by atoms with van der Waals surface area (Å²) in [5.74, 6) is -0.400. The molecule has 1 saturated heterocycles. The molecule has 7 heteroatoms. The van der Waals surface area contributed by atoms with Crippen LogP contribution in [-0.2, 0) is 4.74 Å². The van der Waals surface area contributed by atoms with Gasteiger partial charge in [0, 0.05) is 31.9 Å². The van der Waals surface area contributed by atoms with Gasteiger partial charge in [-0.05, 0) is 38.5 Å². The van der Waals surface area contributed by atoms with Crippen LogP contribution in [0.25, 0.3) is 0 Å². The van der Waals surface area contributed by atoms with Crippen molar-refractivity contribution in [1.29, 1.82) is 0 Å². The third kappa shape index (κ3) is 4.23. The number of benzene rings is 1. The van der Waals surface area contributed by atoms with E-state index in [2.05, 4.69) is 14.8 Å². The molecule has 6 nitrogen and oxygen atoms in total. The summed E-state index contributed by atoms with van der Waals surface area (Å²) in [6.07, 6.45) is 0. The van der Waals surface area contributed by atoms with Gasteiger partial charge in [-0.25, -0.2) is 4.79 Å². The number of aromatic nitrogens is 1. The molecule has 28 heavy (non-hydrogen) atoms. The number of aryl methyl sites for hydroxylation is 1. The van der Waals surface area contributed by atoms with E-state index in [1.807, 2.05) is 24.3 Å². The van der Waals surface area contributed by atoms with E-state index in [4.69, 9.17) is 16.3 Å².